The number of thiazole rings is 1. The Morgan fingerprint density at radius 1 is 1.14 bits per heavy atom. The quantitative estimate of drug-likeness (QED) is 0.513. The maximum Gasteiger partial charge on any atom is 0.275 e. The van der Waals surface area contributed by atoms with E-state index in [-0.39, 0.29) is 18.0 Å². The summed E-state index contributed by atoms with van der Waals surface area (Å²) in [6.45, 7) is 4.26. The topological polar surface area (TPSA) is 76.9 Å². The summed E-state index contributed by atoms with van der Waals surface area (Å²) in [5.74, 6) is -0.221. The Labute approximate surface area is 175 Å². The van der Waals surface area contributed by atoms with Crippen molar-refractivity contribution in [3.8, 4) is 10.6 Å². The van der Waals surface area contributed by atoms with Crippen LogP contribution in [0.2, 0.25) is 0 Å². The third kappa shape index (κ3) is 4.28. The Balaban J connectivity index is 1.36. The number of thiophene rings is 1. The van der Waals surface area contributed by atoms with Gasteiger partial charge in [-0.15, -0.1) is 22.7 Å². The van der Waals surface area contributed by atoms with E-state index in [0.717, 1.165) is 33.1 Å². The Hall–Kier alpha value is -2.84. The Bertz CT molecular complexity index is 1240. The fraction of sp³-hybridized carbons (Fsp3) is 0.238. The molecular weight excluding hydrogens is 404 g/mol. The summed E-state index contributed by atoms with van der Waals surface area (Å²) in [6, 6.07) is 11.5. The van der Waals surface area contributed by atoms with Crippen molar-refractivity contribution in [2.24, 2.45) is 0 Å². The smallest absolute Gasteiger partial charge is 0.275 e. The van der Waals surface area contributed by atoms with Gasteiger partial charge in [0.05, 0.1) is 26.7 Å². The summed E-state index contributed by atoms with van der Waals surface area (Å²) in [6.07, 6.45) is 0.735. The first-order valence-corrected chi connectivity index (χ1v) is 11.0. The summed E-state index contributed by atoms with van der Waals surface area (Å²) in [5, 5.41) is 11.7. The van der Waals surface area contributed by atoms with Crippen LogP contribution in [-0.2, 0) is 17.8 Å². The van der Waals surface area contributed by atoms with Gasteiger partial charge >= 0.3 is 0 Å². The van der Waals surface area contributed by atoms with E-state index in [4.69, 9.17) is 0 Å². The second kappa shape index (κ2) is 8.26. The highest BCUT2D eigenvalue weighted by molar-refractivity contribution is 7.16. The molecule has 1 N–H and O–H groups in total. The molecule has 8 heteroatoms. The van der Waals surface area contributed by atoms with E-state index < -0.39 is 0 Å². The second-order valence-electron chi connectivity index (χ2n) is 6.71. The van der Waals surface area contributed by atoms with Gasteiger partial charge < -0.3 is 5.32 Å². The van der Waals surface area contributed by atoms with Crippen molar-refractivity contribution in [1.82, 2.24) is 20.1 Å². The van der Waals surface area contributed by atoms with Gasteiger partial charge in [-0.3, -0.25) is 9.59 Å². The molecule has 0 radical (unpaired) electrons. The van der Waals surface area contributed by atoms with Crippen LogP contribution in [-0.4, -0.2) is 27.2 Å². The van der Waals surface area contributed by atoms with Crippen LogP contribution in [0.1, 0.15) is 15.6 Å². The molecule has 6 nitrogen and oxygen atoms in total. The number of amides is 1. The van der Waals surface area contributed by atoms with Crippen LogP contribution < -0.4 is 10.9 Å². The molecule has 0 aliphatic heterocycles. The number of carbonyl (C=O) groups excluding carboxylic acids is 1. The number of benzene rings is 1. The summed E-state index contributed by atoms with van der Waals surface area (Å²) >= 11 is 3.32. The van der Waals surface area contributed by atoms with Gasteiger partial charge in [0.15, 0.2) is 0 Å². The molecule has 0 aliphatic rings. The van der Waals surface area contributed by atoms with Crippen LogP contribution in [0.4, 0.5) is 0 Å². The number of carbonyl (C=O) groups is 1. The van der Waals surface area contributed by atoms with Gasteiger partial charge in [0.1, 0.15) is 6.54 Å². The highest BCUT2D eigenvalue weighted by atomic mass is 32.1. The second-order valence-corrected chi connectivity index (χ2v) is 8.94. The van der Waals surface area contributed by atoms with Crippen molar-refractivity contribution in [1.29, 1.82) is 0 Å². The van der Waals surface area contributed by atoms with Crippen LogP contribution >= 0.6 is 22.7 Å². The van der Waals surface area contributed by atoms with Crippen LogP contribution in [0.3, 0.4) is 0 Å². The molecule has 0 saturated heterocycles. The summed E-state index contributed by atoms with van der Waals surface area (Å²) < 4.78 is 1.24. The molecule has 148 valence electrons. The van der Waals surface area contributed by atoms with E-state index in [1.807, 2.05) is 32.0 Å². The van der Waals surface area contributed by atoms with Crippen molar-refractivity contribution < 1.29 is 4.79 Å². The molecule has 0 fully saturated rings. The fourth-order valence-corrected chi connectivity index (χ4v) is 4.81. The molecule has 0 spiro atoms. The maximum atomic E-state index is 12.6. The average molecular weight is 425 g/mol. The molecule has 4 rings (SSSR count). The number of fused-ring (bicyclic) bond motifs is 1. The number of aromatic nitrogens is 3. The van der Waals surface area contributed by atoms with Gasteiger partial charge in [-0.1, -0.05) is 18.2 Å². The Kier molecular flexibility index (Phi) is 5.55. The minimum atomic E-state index is -0.247. The lowest BCUT2D eigenvalue weighted by atomic mass is 10.1. The van der Waals surface area contributed by atoms with Crippen molar-refractivity contribution in [2.75, 3.05) is 6.54 Å². The minimum Gasteiger partial charge on any atom is -0.354 e. The molecule has 1 aromatic carbocycles. The van der Waals surface area contributed by atoms with E-state index in [0.29, 0.717) is 11.9 Å². The normalized spacial score (nSPS) is 11.1. The van der Waals surface area contributed by atoms with Crippen LogP contribution in [0.25, 0.3) is 21.3 Å². The number of nitrogens with one attached hydrogen (secondary N) is 1. The van der Waals surface area contributed by atoms with Crippen molar-refractivity contribution in [3.05, 3.63) is 67.7 Å². The zero-order chi connectivity index (χ0) is 20.4. The van der Waals surface area contributed by atoms with E-state index >= 15 is 0 Å². The number of hydrogen-bond acceptors (Lipinski definition) is 6. The molecule has 0 atom stereocenters. The predicted molar refractivity (Wildman–Crippen MR) is 118 cm³/mol. The molecule has 0 saturated carbocycles. The van der Waals surface area contributed by atoms with Gasteiger partial charge in [-0.25, -0.2) is 9.67 Å². The van der Waals surface area contributed by atoms with E-state index in [1.165, 1.54) is 9.56 Å². The van der Waals surface area contributed by atoms with E-state index in [1.54, 1.807) is 28.7 Å². The predicted octanol–water partition coefficient (Wildman–Crippen LogP) is 3.56. The average Bonchev–Trinajstić information content (AvgIpc) is 3.35. The zero-order valence-electron chi connectivity index (χ0n) is 16.1. The van der Waals surface area contributed by atoms with Gasteiger partial charge in [0, 0.05) is 22.2 Å². The first kappa shape index (κ1) is 19.5. The zero-order valence-corrected chi connectivity index (χ0v) is 17.8. The van der Waals surface area contributed by atoms with Crippen molar-refractivity contribution in [2.45, 2.75) is 26.8 Å². The standard InChI is InChI=1S/C21H20N4O2S2/c1-13-16-5-3-4-6-17(16)21(27)25(24-13)11-20(26)22-10-9-15-7-8-19(29-15)18-12-28-14(2)23-18/h3-8,12H,9-11H2,1-2H3,(H,22,26). The maximum absolute atomic E-state index is 12.6. The fourth-order valence-electron chi connectivity index (χ4n) is 3.16. The van der Waals surface area contributed by atoms with Gasteiger partial charge in [-0.05, 0) is 38.5 Å². The Morgan fingerprint density at radius 2 is 1.93 bits per heavy atom. The van der Waals surface area contributed by atoms with E-state index in [9.17, 15) is 9.59 Å². The number of nitrogens with zero attached hydrogens (tertiary/aromatic N) is 3. The van der Waals surface area contributed by atoms with Crippen molar-refractivity contribution in [3.63, 3.8) is 0 Å². The highest BCUT2D eigenvalue weighted by Crippen LogP contribution is 2.29. The van der Waals surface area contributed by atoms with Gasteiger partial charge in [0.2, 0.25) is 5.91 Å². The molecule has 29 heavy (non-hydrogen) atoms. The van der Waals surface area contributed by atoms with Gasteiger partial charge in [0.25, 0.3) is 5.56 Å². The molecular formula is C21H20N4O2S2. The van der Waals surface area contributed by atoms with Crippen LogP contribution in [0.15, 0.2) is 46.6 Å². The number of aryl methyl sites for hydroxylation is 2. The largest absolute Gasteiger partial charge is 0.354 e. The SMILES string of the molecule is Cc1nc(-c2ccc(CCNC(=O)Cn3nc(C)c4ccccc4c3=O)s2)cs1. The lowest BCUT2D eigenvalue weighted by molar-refractivity contribution is -0.121. The molecule has 4 aromatic rings. The molecule has 0 aliphatic carbocycles. The Morgan fingerprint density at radius 3 is 2.69 bits per heavy atom. The summed E-state index contributed by atoms with van der Waals surface area (Å²) in [5.41, 5.74) is 1.49. The minimum absolute atomic E-state index is 0.0850. The third-order valence-electron chi connectivity index (χ3n) is 4.57. The molecule has 0 bridgehead atoms. The molecule has 3 heterocycles. The molecule has 0 unspecified atom stereocenters. The first-order valence-electron chi connectivity index (χ1n) is 9.25. The first-order chi connectivity index (χ1) is 14.0. The lowest BCUT2D eigenvalue weighted by Crippen LogP contribution is -2.35. The van der Waals surface area contributed by atoms with E-state index in [2.05, 4.69) is 32.9 Å². The summed E-state index contributed by atoms with van der Waals surface area (Å²) in [4.78, 5) is 31.7. The lowest BCUT2D eigenvalue weighted by Gasteiger charge is -2.09. The highest BCUT2D eigenvalue weighted by Gasteiger charge is 2.11. The molecule has 1 amide bonds. The van der Waals surface area contributed by atoms with Crippen molar-refractivity contribution >= 4 is 39.4 Å². The van der Waals surface area contributed by atoms with Gasteiger partial charge in [-0.2, -0.15) is 5.10 Å². The molecule has 3 aromatic heterocycles. The van der Waals surface area contributed by atoms with Crippen LogP contribution in [0.5, 0.6) is 0 Å². The van der Waals surface area contributed by atoms with Crippen LogP contribution in [0, 0.1) is 13.8 Å². The third-order valence-corrected chi connectivity index (χ3v) is 6.51. The number of hydrogen-bond donors (Lipinski definition) is 1. The number of rotatable bonds is 6. The summed E-state index contributed by atoms with van der Waals surface area (Å²) in [7, 11) is 0. The monoisotopic (exact) mass is 424 g/mol.